The van der Waals surface area contributed by atoms with E-state index in [0.29, 0.717) is 18.5 Å². The molecule has 1 aromatic rings. The number of nitrogen functional groups attached to an aromatic ring is 1. The molecule has 0 radical (unpaired) electrons. The van der Waals surface area contributed by atoms with Gasteiger partial charge < -0.3 is 16.4 Å². The molecule has 1 atom stereocenters. The molecule has 0 aliphatic heterocycles. The number of nitrogens with one attached hydrogen (secondary N) is 3. The maximum atomic E-state index is 11.5. The molecule has 6 nitrogen and oxygen atoms in total. The molecule has 5 N–H and O–H groups in total. The van der Waals surface area contributed by atoms with Gasteiger partial charge in [0, 0.05) is 12.1 Å². The summed E-state index contributed by atoms with van der Waals surface area (Å²) >= 11 is 0. The highest BCUT2D eigenvalue weighted by molar-refractivity contribution is 5.94. The third kappa shape index (κ3) is 3.89. The Morgan fingerprint density at radius 2 is 2.06 bits per heavy atom. The van der Waals surface area contributed by atoms with E-state index in [0.717, 1.165) is 5.56 Å². The molecule has 0 heterocycles. The van der Waals surface area contributed by atoms with Crippen LogP contribution in [0.25, 0.3) is 0 Å². The first-order valence-electron chi connectivity index (χ1n) is 5.45. The molecule has 0 fully saturated rings. The second-order valence-corrected chi connectivity index (χ2v) is 3.83. The number of amides is 2. The molecule has 1 aromatic carbocycles. The number of carbonyl (C=O) groups excluding carboxylic acids is 2. The average Bonchev–Trinajstić information content (AvgIpc) is 2.36. The fraction of sp³-hybridized carbons (Fsp3) is 0.250. The summed E-state index contributed by atoms with van der Waals surface area (Å²) in [7, 11) is 0. The van der Waals surface area contributed by atoms with Gasteiger partial charge in [-0.15, -0.1) is 0 Å². The summed E-state index contributed by atoms with van der Waals surface area (Å²) in [5.74, 6) is -0.243. The van der Waals surface area contributed by atoms with Gasteiger partial charge >= 0.3 is 0 Å². The fourth-order valence-electron chi connectivity index (χ4n) is 1.32. The van der Waals surface area contributed by atoms with E-state index in [-0.39, 0.29) is 11.7 Å². The highest BCUT2D eigenvalue weighted by atomic mass is 16.2. The smallest absolute Gasteiger partial charge is 0.242 e. The van der Waals surface area contributed by atoms with Gasteiger partial charge in [-0.25, -0.2) is 0 Å². The highest BCUT2D eigenvalue weighted by Crippen LogP contribution is 2.03. The minimum absolute atomic E-state index is 0.00870. The molecule has 0 bridgehead atoms. The molecule has 0 aliphatic rings. The van der Waals surface area contributed by atoms with Gasteiger partial charge in [0.2, 0.25) is 12.3 Å². The summed E-state index contributed by atoms with van der Waals surface area (Å²) in [4.78, 5) is 21.7. The van der Waals surface area contributed by atoms with Crippen LogP contribution in [-0.2, 0) is 16.1 Å². The maximum absolute atomic E-state index is 11.5. The third-order valence-electron chi connectivity index (χ3n) is 2.44. The number of nitrogens with two attached hydrogens (primary N) is 1. The molecule has 1 unspecified atom stereocenters. The van der Waals surface area contributed by atoms with Crippen LogP contribution in [0.5, 0.6) is 0 Å². The second kappa shape index (κ2) is 6.39. The Labute approximate surface area is 105 Å². The van der Waals surface area contributed by atoms with E-state index < -0.39 is 6.04 Å². The van der Waals surface area contributed by atoms with Crippen LogP contribution in [0.4, 0.5) is 0 Å². The molecule has 6 heteroatoms. The van der Waals surface area contributed by atoms with Crippen molar-refractivity contribution in [2.45, 2.75) is 19.5 Å². The average molecular weight is 248 g/mol. The molecule has 0 saturated carbocycles. The zero-order chi connectivity index (χ0) is 13.5. The van der Waals surface area contributed by atoms with Crippen LogP contribution in [0, 0.1) is 5.41 Å². The van der Waals surface area contributed by atoms with Gasteiger partial charge in [0.15, 0.2) is 0 Å². The largest absolute Gasteiger partial charge is 0.384 e. The summed E-state index contributed by atoms with van der Waals surface area (Å²) in [6.45, 7) is 1.96. The minimum Gasteiger partial charge on any atom is -0.384 e. The first-order valence-corrected chi connectivity index (χ1v) is 5.45. The van der Waals surface area contributed by atoms with E-state index in [4.69, 9.17) is 11.1 Å². The molecule has 0 saturated heterocycles. The number of carbonyl (C=O) groups is 2. The summed E-state index contributed by atoms with van der Waals surface area (Å²) in [6.07, 6.45) is 0.492. The lowest BCUT2D eigenvalue weighted by atomic mass is 10.1. The van der Waals surface area contributed by atoms with E-state index in [1.54, 1.807) is 31.2 Å². The summed E-state index contributed by atoms with van der Waals surface area (Å²) < 4.78 is 0. The van der Waals surface area contributed by atoms with Gasteiger partial charge in [-0.05, 0) is 12.5 Å². The van der Waals surface area contributed by atoms with Crippen molar-refractivity contribution in [3.8, 4) is 0 Å². The van der Waals surface area contributed by atoms with Crippen LogP contribution >= 0.6 is 0 Å². The SMILES string of the molecule is CC(NC=O)C(=O)NCc1ccc(C(=N)N)cc1. The van der Waals surface area contributed by atoms with Crippen LogP contribution in [0.15, 0.2) is 24.3 Å². The van der Waals surface area contributed by atoms with Crippen molar-refractivity contribution in [2.75, 3.05) is 0 Å². The van der Waals surface area contributed by atoms with Crippen molar-refractivity contribution in [1.82, 2.24) is 10.6 Å². The maximum Gasteiger partial charge on any atom is 0.242 e. The van der Waals surface area contributed by atoms with Crippen LogP contribution < -0.4 is 16.4 Å². The summed E-state index contributed by atoms with van der Waals surface area (Å²) in [5, 5.41) is 12.3. The topological polar surface area (TPSA) is 108 Å². The molecule has 0 aliphatic carbocycles. The minimum atomic E-state index is -0.556. The van der Waals surface area contributed by atoms with Crippen LogP contribution in [0.2, 0.25) is 0 Å². The van der Waals surface area contributed by atoms with Gasteiger partial charge in [-0.3, -0.25) is 15.0 Å². The number of rotatable bonds is 6. The van der Waals surface area contributed by atoms with Gasteiger partial charge in [0.05, 0.1) is 0 Å². The monoisotopic (exact) mass is 248 g/mol. The van der Waals surface area contributed by atoms with Gasteiger partial charge in [0.1, 0.15) is 11.9 Å². The van der Waals surface area contributed by atoms with Crippen molar-refractivity contribution in [1.29, 1.82) is 5.41 Å². The molecular formula is C12H16N4O2. The third-order valence-corrected chi connectivity index (χ3v) is 2.44. The lowest BCUT2D eigenvalue weighted by molar-refractivity contribution is -0.125. The summed E-state index contributed by atoms with van der Waals surface area (Å²) in [5.41, 5.74) is 6.87. The zero-order valence-electron chi connectivity index (χ0n) is 10.1. The standard InChI is InChI=1S/C12H16N4O2/c1-8(16-7-17)12(18)15-6-9-2-4-10(5-3-9)11(13)14/h2-5,7-8H,6H2,1H3,(H3,13,14)(H,15,18)(H,16,17). The Morgan fingerprint density at radius 1 is 1.44 bits per heavy atom. The van der Waals surface area contributed by atoms with E-state index in [1.807, 2.05) is 0 Å². The predicted octanol–water partition coefficient (Wildman–Crippen LogP) is -0.279. The first kappa shape index (κ1) is 13.7. The van der Waals surface area contributed by atoms with Crippen LogP contribution in [-0.4, -0.2) is 24.2 Å². The van der Waals surface area contributed by atoms with E-state index in [9.17, 15) is 9.59 Å². The van der Waals surface area contributed by atoms with Gasteiger partial charge in [-0.2, -0.15) is 0 Å². The first-order chi connectivity index (χ1) is 8.54. The normalized spacial score (nSPS) is 11.4. The van der Waals surface area contributed by atoms with Gasteiger partial charge in [0.25, 0.3) is 0 Å². The van der Waals surface area contributed by atoms with Crippen LogP contribution in [0.3, 0.4) is 0 Å². The zero-order valence-corrected chi connectivity index (χ0v) is 10.1. The Balaban J connectivity index is 2.51. The molecule has 18 heavy (non-hydrogen) atoms. The van der Waals surface area contributed by atoms with Crippen molar-refractivity contribution in [3.05, 3.63) is 35.4 Å². The predicted molar refractivity (Wildman–Crippen MR) is 68.0 cm³/mol. The quantitative estimate of drug-likeness (QED) is 0.316. The highest BCUT2D eigenvalue weighted by Gasteiger charge is 2.10. The number of amidine groups is 1. The van der Waals surface area contributed by atoms with E-state index in [1.165, 1.54) is 0 Å². The van der Waals surface area contributed by atoms with Crippen molar-refractivity contribution in [2.24, 2.45) is 5.73 Å². The fourth-order valence-corrected chi connectivity index (χ4v) is 1.32. The molecule has 2 amide bonds. The molecule has 96 valence electrons. The Bertz CT molecular complexity index is 442. The van der Waals surface area contributed by atoms with Gasteiger partial charge in [-0.1, -0.05) is 24.3 Å². The van der Waals surface area contributed by atoms with Crippen molar-refractivity contribution >= 4 is 18.2 Å². The Kier molecular flexibility index (Phi) is 4.86. The second-order valence-electron chi connectivity index (χ2n) is 3.83. The lowest BCUT2D eigenvalue weighted by Crippen LogP contribution is -2.41. The van der Waals surface area contributed by atoms with Crippen LogP contribution in [0.1, 0.15) is 18.1 Å². The molecule has 0 aromatic heterocycles. The van der Waals surface area contributed by atoms with E-state index in [2.05, 4.69) is 10.6 Å². The molecule has 0 spiro atoms. The van der Waals surface area contributed by atoms with Crippen molar-refractivity contribution in [3.63, 3.8) is 0 Å². The molecule has 1 rings (SSSR count). The van der Waals surface area contributed by atoms with E-state index >= 15 is 0 Å². The Hall–Kier alpha value is -2.37. The lowest BCUT2D eigenvalue weighted by Gasteiger charge is -2.11. The number of hydrogen-bond donors (Lipinski definition) is 4. The molecular weight excluding hydrogens is 232 g/mol. The van der Waals surface area contributed by atoms with Crippen molar-refractivity contribution < 1.29 is 9.59 Å². The Morgan fingerprint density at radius 3 is 2.56 bits per heavy atom. The summed E-state index contributed by atoms with van der Waals surface area (Å²) in [6, 6.07) is 6.45. The number of hydrogen-bond acceptors (Lipinski definition) is 3. The number of benzene rings is 1.